The molecule has 12 heteroatoms. The van der Waals surface area contributed by atoms with Crippen LogP contribution in [-0.4, -0.2) is 48.3 Å². The highest BCUT2D eigenvalue weighted by Crippen LogP contribution is 2.18. The van der Waals surface area contributed by atoms with Crippen LogP contribution in [0.15, 0.2) is 27.8 Å². The number of ether oxygens (including phenoxy) is 2. The first kappa shape index (κ1) is 23.7. The van der Waals surface area contributed by atoms with E-state index in [2.05, 4.69) is 4.98 Å². The Kier molecular flexibility index (Phi) is 8.02. The van der Waals surface area contributed by atoms with Gasteiger partial charge in [-0.2, -0.15) is 0 Å². The van der Waals surface area contributed by atoms with Gasteiger partial charge < -0.3 is 15.2 Å². The maximum Gasteiger partial charge on any atom is 0.344 e. The summed E-state index contributed by atoms with van der Waals surface area (Å²) in [5.74, 6) is -4.87. The third-order valence-corrected chi connectivity index (χ3v) is 4.24. The number of benzene rings is 1. The minimum absolute atomic E-state index is 0.0204. The van der Waals surface area contributed by atoms with Gasteiger partial charge in [-0.25, -0.2) is 18.4 Å². The molecule has 1 heterocycles. The van der Waals surface area contributed by atoms with Gasteiger partial charge in [0.2, 0.25) is 0 Å². The number of aromatic amines is 1. The molecule has 0 aliphatic carbocycles. The fraction of sp³-hybridized carbons (Fsp3) is 0.368. The molecule has 1 aromatic carbocycles. The summed E-state index contributed by atoms with van der Waals surface area (Å²) in [4.78, 5) is 52.1. The van der Waals surface area contributed by atoms with E-state index in [0.29, 0.717) is 6.42 Å². The minimum Gasteiger partial charge on any atom is -0.452 e. The van der Waals surface area contributed by atoms with E-state index < -0.39 is 46.9 Å². The molecule has 0 atom stereocenters. The number of anilines is 2. The number of nitrogen functional groups attached to an aromatic ring is 1. The van der Waals surface area contributed by atoms with Gasteiger partial charge in [0.05, 0.1) is 6.61 Å². The molecular weight excluding hydrogens is 418 g/mol. The number of nitrogens with zero attached hydrogens (tertiary/aromatic N) is 2. The fourth-order valence-corrected chi connectivity index (χ4v) is 2.80. The number of esters is 1. The van der Waals surface area contributed by atoms with Crippen LogP contribution in [0.1, 0.15) is 23.7 Å². The van der Waals surface area contributed by atoms with Crippen LogP contribution in [-0.2, 0) is 20.8 Å². The lowest BCUT2D eigenvalue weighted by Gasteiger charge is -2.24. The molecule has 0 bridgehead atoms. The molecular formula is C19H22F2N4O6. The van der Waals surface area contributed by atoms with Crippen molar-refractivity contribution in [3.05, 3.63) is 56.2 Å². The van der Waals surface area contributed by atoms with Crippen molar-refractivity contribution in [3.8, 4) is 0 Å². The van der Waals surface area contributed by atoms with Crippen LogP contribution in [0.4, 0.5) is 20.3 Å². The summed E-state index contributed by atoms with van der Waals surface area (Å²) in [6.45, 7) is 0.835. The Bertz CT molecular complexity index is 1060. The first-order valence-electron chi connectivity index (χ1n) is 9.25. The average molecular weight is 440 g/mol. The standard InChI is InChI=1S/C19H22F2N4O6/c1-3-7-25-16(22)15(17(27)23-19(25)29)24(8-9-30-2)13(26)10-31-18(28)14-11(20)5-4-6-12(14)21/h4-6H,3,7-10,22H2,1-2H3,(H,23,27,29). The number of halogens is 2. The summed E-state index contributed by atoms with van der Waals surface area (Å²) < 4.78 is 38.2. The van der Waals surface area contributed by atoms with Crippen LogP contribution in [0.2, 0.25) is 0 Å². The molecule has 31 heavy (non-hydrogen) atoms. The molecule has 0 unspecified atom stereocenters. The number of hydrogen-bond donors (Lipinski definition) is 2. The summed E-state index contributed by atoms with van der Waals surface area (Å²) >= 11 is 0. The van der Waals surface area contributed by atoms with Gasteiger partial charge >= 0.3 is 11.7 Å². The largest absolute Gasteiger partial charge is 0.452 e. The van der Waals surface area contributed by atoms with E-state index in [1.807, 2.05) is 0 Å². The normalized spacial score (nSPS) is 10.7. The third-order valence-electron chi connectivity index (χ3n) is 4.24. The second-order valence-corrected chi connectivity index (χ2v) is 6.36. The van der Waals surface area contributed by atoms with Crippen molar-refractivity contribution in [3.63, 3.8) is 0 Å². The van der Waals surface area contributed by atoms with Gasteiger partial charge in [-0.05, 0) is 18.6 Å². The number of nitrogens with two attached hydrogens (primary N) is 1. The number of H-pyrrole nitrogens is 1. The molecule has 0 aliphatic heterocycles. The number of nitrogens with one attached hydrogen (secondary N) is 1. The molecule has 2 aromatic rings. The summed E-state index contributed by atoms with van der Waals surface area (Å²) in [7, 11) is 1.36. The summed E-state index contributed by atoms with van der Waals surface area (Å²) in [5.41, 5.74) is 3.02. The SMILES string of the molecule is CCCn1c(N)c(N(CCOC)C(=O)COC(=O)c2c(F)cccc2F)c(=O)[nH]c1=O. The molecule has 0 radical (unpaired) electrons. The summed E-state index contributed by atoms with van der Waals surface area (Å²) in [6, 6.07) is 2.80. The molecule has 168 valence electrons. The van der Waals surface area contributed by atoms with Crippen LogP contribution >= 0.6 is 0 Å². The zero-order valence-corrected chi connectivity index (χ0v) is 16.9. The molecule has 0 spiro atoms. The fourth-order valence-electron chi connectivity index (χ4n) is 2.80. The Labute approximate surface area is 175 Å². The Hall–Kier alpha value is -3.54. The zero-order valence-electron chi connectivity index (χ0n) is 16.9. The van der Waals surface area contributed by atoms with E-state index in [4.69, 9.17) is 15.2 Å². The molecule has 1 aromatic heterocycles. The van der Waals surface area contributed by atoms with Gasteiger partial charge in [-0.15, -0.1) is 0 Å². The molecule has 1 amide bonds. The highest BCUT2D eigenvalue weighted by molar-refractivity contribution is 5.98. The van der Waals surface area contributed by atoms with Crippen LogP contribution in [0.25, 0.3) is 0 Å². The van der Waals surface area contributed by atoms with Crippen molar-refractivity contribution in [1.29, 1.82) is 0 Å². The van der Waals surface area contributed by atoms with Crippen LogP contribution < -0.4 is 21.9 Å². The zero-order chi connectivity index (χ0) is 23.1. The van der Waals surface area contributed by atoms with Gasteiger partial charge in [-0.1, -0.05) is 13.0 Å². The highest BCUT2D eigenvalue weighted by Gasteiger charge is 2.26. The van der Waals surface area contributed by atoms with E-state index in [-0.39, 0.29) is 31.2 Å². The smallest absolute Gasteiger partial charge is 0.344 e. The highest BCUT2D eigenvalue weighted by atomic mass is 19.1. The Morgan fingerprint density at radius 2 is 1.87 bits per heavy atom. The number of carbonyl (C=O) groups excluding carboxylic acids is 2. The first-order valence-corrected chi connectivity index (χ1v) is 9.25. The monoisotopic (exact) mass is 440 g/mol. The predicted octanol–water partition coefficient (Wildman–Crippen LogP) is 0.643. The van der Waals surface area contributed by atoms with Crippen molar-refractivity contribution in [2.45, 2.75) is 19.9 Å². The maximum atomic E-state index is 13.7. The maximum absolute atomic E-state index is 13.7. The first-order chi connectivity index (χ1) is 14.7. The van der Waals surface area contributed by atoms with Gasteiger partial charge in [0, 0.05) is 20.2 Å². The number of amides is 1. The minimum atomic E-state index is -1.39. The molecule has 10 nitrogen and oxygen atoms in total. The predicted molar refractivity (Wildman–Crippen MR) is 107 cm³/mol. The second-order valence-electron chi connectivity index (χ2n) is 6.36. The van der Waals surface area contributed by atoms with Crippen molar-refractivity contribution < 1.29 is 27.8 Å². The van der Waals surface area contributed by atoms with Crippen molar-refractivity contribution >= 4 is 23.4 Å². The Morgan fingerprint density at radius 1 is 1.23 bits per heavy atom. The van der Waals surface area contributed by atoms with Gasteiger partial charge in [0.25, 0.3) is 11.5 Å². The second kappa shape index (κ2) is 10.5. The van der Waals surface area contributed by atoms with Crippen molar-refractivity contribution in [1.82, 2.24) is 9.55 Å². The molecule has 0 saturated heterocycles. The van der Waals surface area contributed by atoms with E-state index in [9.17, 15) is 28.0 Å². The summed E-state index contributed by atoms with van der Waals surface area (Å²) in [6.07, 6.45) is 0.521. The van der Waals surface area contributed by atoms with Crippen LogP contribution in [0.3, 0.4) is 0 Å². The third kappa shape index (κ3) is 5.34. The topological polar surface area (TPSA) is 137 Å². The van der Waals surface area contributed by atoms with Crippen molar-refractivity contribution in [2.24, 2.45) is 0 Å². The van der Waals surface area contributed by atoms with Gasteiger partial charge in [0.15, 0.2) is 12.3 Å². The van der Waals surface area contributed by atoms with Gasteiger partial charge in [-0.3, -0.25) is 24.0 Å². The van der Waals surface area contributed by atoms with Gasteiger partial charge in [0.1, 0.15) is 23.0 Å². The number of rotatable bonds is 9. The number of methoxy groups -OCH3 is 1. The molecule has 3 N–H and O–H groups in total. The van der Waals surface area contributed by atoms with E-state index in [1.54, 1.807) is 6.92 Å². The number of aromatic nitrogens is 2. The summed E-state index contributed by atoms with van der Waals surface area (Å²) in [5, 5.41) is 0. The Balaban J connectivity index is 2.34. The number of hydrogen-bond acceptors (Lipinski definition) is 7. The molecule has 0 saturated carbocycles. The lowest BCUT2D eigenvalue weighted by atomic mass is 10.2. The van der Waals surface area contributed by atoms with Crippen LogP contribution in [0.5, 0.6) is 0 Å². The molecule has 0 fully saturated rings. The average Bonchev–Trinajstić information content (AvgIpc) is 2.71. The van der Waals surface area contributed by atoms with E-state index in [1.165, 1.54) is 7.11 Å². The van der Waals surface area contributed by atoms with E-state index in [0.717, 1.165) is 27.7 Å². The molecule has 0 aliphatic rings. The van der Waals surface area contributed by atoms with Crippen LogP contribution in [0, 0.1) is 11.6 Å². The van der Waals surface area contributed by atoms with Crippen molar-refractivity contribution in [2.75, 3.05) is 37.5 Å². The van der Waals surface area contributed by atoms with E-state index >= 15 is 0 Å². The lowest BCUT2D eigenvalue weighted by molar-refractivity contribution is -0.121. The number of carbonyl (C=O) groups is 2. The lowest BCUT2D eigenvalue weighted by Crippen LogP contribution is -2.44. The molecule has 2 rings (SSSR count). The Morgan fingerprint density at radius 3 is 2.45 bits per heavy atom. The quantitative estimate of drug-likeness (QED) is 0.546.